The van der Waals surface area contributed by atoms with E-state index in [0.717, 1.165) is 53.6 Å². The number of imidazole rings is 1. The second kappa shape index (κ2) is 7.77. The molecule has 5 rings (SSSR count). The summed E-state index contributed by atoms with van der Waals surface area (Å²) in [5.74, 6) is 0. The van der Waals surface area contributed by atoms with Crippen LogP contribution in [0.3, 0.4) is 0 Å². The summed E-state index contributed by atoms with van der Waals surface area (Å²) < 4.78 is 28.2. The second-order valence-electron chi connectivity index (χ2n) is 7.38. The molecule has 7 nitrogen and oxygen atoms in total. The molecule has 1 saturated heterocycles. The van der Waals surface area contributed by atoms with Gasteiger partial charge in [-0.05, 0) is 18.2 Å². The number of aromatic nitrogens is 4. The molecule has 0 amide bonds. The maximum absolute atomic E-state index is 12.6. The van der Waals surface area contributed by atoms with Crippen molar-refractivity contribution in [2.45, 2.75) is 19.5 Å². The Morgan fingerprint density at radius 2 is 2.00 bits per heavy atom. The van der Waals surface area contributed by atoms with E-state index in [0.29, 0.717) is 10.9 Å². The van der Waals surface area contributed by atoms with Crippen molar-refractivity contribution in [1.82, 2.24) is 23.8 Å². The molecule has 0 N–H and O–H groups in total. The van der Waals surface area contributed by atoms with Gasteiger partial charge in [0.25, 0.3) is 12.0 Å². The third kappa shape index (κ3) is 3.68. The lowest BCUT2D eigenvalue weighted by molar-refractivity contribution is 0.125. The van der Waals surface area contributed by atoms with Crippen LogP contribution in [0, 0.1) is 0 Å². The van der Waals surface area contributed by atoms with Crippen LogP contribution >= 0.6 is 11.3 Å². The maximum Gasteiger partial charge on any atom is 0.261 e. The SMILES string of the molecule is O=c1c2ccc(N3CCN(Cc4cn5ccsc5n4)CC3)cc2ncn1CC(F)F. The summed E-state index contributed by atoms with van der Waals surface area (Å²) in [7, 11) is 0. The lowest BCUT2D eigenvalue weighted by Crippen LogP contribution is -2.46. The van der Waals surface area contributed by atoms with Gasteiger partial charge in [0.05, 0.1) is 29.5 Å². The molecule has 1 fully saturated rings. The zero-order valence-electron chi connectivity index (χ0n) is 16.1. The second-order valence-corrected chi connectivity index (χ2v) is 8.26. The molecular weight excluding hydrogens is 410 g/mol. The molecule has 4 heterocycles. The smallest absolute Gasteiger partial charge is 0.261 e. The van der Waals surface area contributed by atoms with Crippen molar-refractivity contribution in [3.05, 3.63) is 58.3 Å². The van der Waals surface area contributed by atoms with E-state index in [4.69, 9.17) is 0 Å². The topological polar surface area (TPSA) is 58.7 Å². The van der Waals surface area contributed by atoms with Gasteiger partial charge in [-0.25, -0.2) is 18.7 Å². The fourth-order valence-corrected chi connectivity index (χ4v) is 4.59. The van der Waals surface area contributed by atoms with Gasteiger partial charge in [-0.2, -0.15) is 0 Å². The molecule has 0 bridgehead atoms. The van der Waals surface area contributed by atoms with E-state index in [1.54, 1.807) is 17.4 Å². The van der Waals surface area contributed by atoms with Crippen LogP contribution in [-0.2, 0) is 13.1 Å². The Labute approximate surface area is 174 Å². The van der Waals surface area contributed by atoms with Crippen LogP contribution in [-0.4, -0.2) is 56.4 Å². The van der Waals surface area contributed by atoms with Gasteiger partial charge in [-0.15, -0.1) is 11.3 Å². The molecule has 1 aliphatic rings. The molecule has 156 valence electrons. The quantitative estimate of drug-likeness (QED) is 0.487. The number of halogens is 2. The van der Waals surface area contributed by atoms with Gasteiger partial charge in [0.1, 0.15) is 0 Å². The largest absolute Gasteiger partial charge is 0.369 e. The fourth-order valence-electron chi connectivity index (χ4n) is 3.87. The van der Waals surface area contributed by atoms with Gasteiger partial charge in [0.15, 0.2) is 4.96 Å². The van der Waals surface area contributed by atoms with Crippen LogP contribution in [0.2, 0.25) is 0 Å². The Morgan fingerprint density at radius 1 is 1.17 bits per heavy atom. The molecule has 0 atom stereocenters. The van der Waals surface area contributed by atoms with Crippen LogP contribution in [0.4, 0.5) is 14.5 Å². The van der Waals surface area contributed by atoms with Gasteiger partial charge in [-0.3, -0.25) is 18.7 Å². The first-order chi connectivity index (χ1) is 14.6. The molecule has 0 aliphatic carbocycles. The van der Waals surface area contributed by atoms with Crippen LogP contribution in [0.5, 0.6) is 0 Å². The fraction of sp³-hybridized carbons (Fsp3) is 0.350. The summed E-state index contributed by atoms with van der Waals surface area (Å²) in [6, 6.07) is 5.42. The number of nitrogens with zero attached hydrogens (tertiary/aromatic N) is 6. The van der Waals surface area contributed by atoms with Crippen molar-refractivity contribution in [1.29, 1.82) is 0 Å². The minimum Gasteiger partial charge on any atom is -0.369 e. The first-order valence-electron chi connectivity index (χ1n) is 9.72. The average Bonchev–Trinajstić information content (AvgIpc) is 3.32. The number of alkyl halides is 2. The first kappa shape index (κ1) is 19.1. The van der Waals surface area contributed by atoms with E-state index in [-0.39, 0.29) is 0 Å². The highest BCUT2D eigenvalue weighted by molar-refractivity contribution is 7.15. The van der Waals surface area contributed by atoms with Crippen LogP contribution in [0.25, 0.3) is 15.9 Å². The maximum atomic E-state index is 12.6. The zero-order valence-corrected chi connectivity index (χ0v) is 16.9. The number of hydrogen-bond donors (Lipinski definition) is 0. The summed E-state index contributed by atoms with van der Waals surface area (Å²) >= 11 is 1.63. The molecule has 0 saturated carbocycles. The number of rotatable bonds is 5. The molecule has 0 radical (unpaired) electrons. The number of hydrogen-bond acceptors (Lipinski definition) is 6. The van der Waals surface area contributed by atoms with Crippen molar-refractivity contribution in [2.75, 3.05) is 31.1 Å². The molecule has 4 aromatic rings. The Morgan fingerprint density at radius 3 is 2.77 bits per heavy atom. The minimum absolute atomic E-state index is 0.361. The average molecular weight is 430 g/mol. The van der Waals surface area contributed by atoms with E-state index in [9.17, 15) is 13.6 Å². The van der Waals surface area contributed by atoms with Crippen molar-refractivity contribution >= 4 is 32.9 Å². The summed E-state index contributed by atoms with van der Waals surface area (Å²) in [5, 5.41) is 2.39. The first-order valence-corrected chi connectivity index (χ1v) is 10.6. The molecular formula is C20H20F2N6OS. The predicted molar refractivity (Wildman–Crippen MR) is 113 cm³/mol. The molecule has 1 aromatic carbocycles. The highest BCUT2D eigenvalue weighted by Crippen LogP contribution is 2.21. The van der Waals surface area contributed by atoms with E-state index in [1.165, 1.54) is 6.33 Å². The Balaban J connectivity index is 1.27. The molecule has 1 aliphatic heterocycles. The van der Waals surface area contributed by atoms with E-state index < -0.39 is 18.5 Å². The van der Waals surface area contributed by atoms with Crippen LogP contribution < -0.4 is 10.5 Å². The number of piperazine rings is 1. The van der Waals surface area contributed by atoms with Gasteiger partial charge >= 0.3 is 0 Å². The third-order valence-corrected chi connectivity index (χ3v) is 6.18. The monoisotopic (exact) mass is 430 g/mol. The molecule has 0 spiro atoms. The molecule has 30 heavy (non-hydrogen) atoms. The van der Waals surface area contributed by atoms with Gasteiger partial charge in [0.2, 0.25) is 0 Å². The highest BCUT2D eigenvalue weighted by atomic mass is 32.1. The lowest BCUT2D eigenvalue weighted by atomic mass is 10.2. The van der Waals surface area contributed by atoms with E-state index in [1.807, 2.05) is 28.1 Å². The van der Waals surface area contributed by atoms with Gasteiger partial charge < -0.3 is 4.90 Å². The number of thiazole rings is 1. The summed E-state index contributed by atoms with van der Waals surface area (Å²) in [4.78, 5) is 26.9. The van der Waals surface area contributed by atoms with Crippen molar-refractivity contribution in [2.24, 2.45) is 0 Å². The highest BCUT2D eigenvalue weighted by Gasteiger charge is 2.19. The third-order valence-electron chi connectivity index (χ3n) is 5.41. The normalized spacial score (nSPS) is 15.6. The van der Waals surface area contributed by atoms with Gasteiger partial charge in [-0.1, -0.05) is 0 Å². The Hall–Kier alpha value is -2.85. The van der Waals surface area contributed by atoms with E-state index in [2.05, 4.69) is 26.0 Å². The molecule has 10 heteroatoms. The number of fused-ring (bicyclic) bond motifs is 2. The summed E-state index contributed by atoms with van der Waals surface area (Å²) in [6.45, 7) is 3.72. The molecule has 3 aromatic heterocycles. The van der Waals surface area contributed by atoms with Crippen molar-refractivity contribution in [3.8, 4) is 0 Å². The zero-order chi connectivity index (χ0) is 20.7. The lowest BCUT2D eigenvalue weighted by Gasteiger charge is -2.35. The Kier molecular flexibility index (Phi) is 4.95. The van der Waals surface area contributed by atoms with Crippen LogP contribution in [0.1, 0.15) is 5.69 Å². The number of anilines is 1. The van der Waals surface area contributed by atoms with Crippen molar-refractivity contribution < 1.29 is 8.78 Å². The standard InChI is InChI=1S/C20H20F2N6OS/c21-18(22)12-28-13-23-17-9-15(1-2-16(17)19(28)29)26-5-3-25(4-6-26)10-14-11-27-7-8-30-20(27)24-14/h1-2,7-9,11,13,18H,3-6,10,12H2. The van der Waals surface area contributed by atoms with Crippen molar-refractivity contribution in [3.63, 3.8) is 0 Å². The Bertz CT molecular complexity index is 1210. The van der Waals surface area contributed by atoms with Gasteiger partial charge in [0, 0.05) is 56.2 Å². The van der Waals surface area contributed by atoms with E-state index >= 15 is 0 Å². The summed E-state index contributed by atoms with van der Waals surface area (Å²) in [6.07, 6.45) is 2.71. The predicted octanol–water partition coefficient (Wildman–Crippen LogP) is 2.69. The number of benzene rings is 1. The minimum atomic E-state index is -2.59. The van der Waals surface area contributed by atoms with Crippen LogP contribution in [0.15, 0.2) is 47.1 Å². The summed E-state index contributed by atoms with van der Waals surface area (Å²) in [5.41, 5.74) is 2.16. The molecule has 0 unspecified atom stereocenters.